The van der Waals surface area contributed by atoms with E-state index in [1.165, 1.54) is 17.7 Å². The van der Waals surface area contributed by atoms with Gasteiger partial charge in [0.25, 0.3) is 5.91 Å². The van der Waals surface area contributed by atoms with Crippen LogP contribution in [0.5, 0.6) is 5.75 Å². The fourth-order valence-electron chi connectivity index (χ4n) is 5.69. The Morgan fingerprint density at radius 2 is 2.31 bits per heavy atom. The van der Waals surface area contributed by atoms with Crippen molar-refractivity contribution in [3.8, 4) is 5.75 Å². The van der Waals surface area contributed by atoms with Crippen LogP contribution >= 0.6 is 0 Å². The van der Waals surface area contributed by atoms with E-state index in [0.717, 1.165) is 18.5 Å². The van der Waals surface area contributed by atoms with Crippen molar-refractivity contribution in [2.75, 3.05) is 25.3 Å². The number of hydrogen-bond donors (Lipinski definition) is 2. The van der Waals surface area contributed by atoms with Crippen LogP contribution in [0.3, 0.4) is 0 Å². The molecule has 1 amide bonds. The highest BCUT2D eigenvalue weighted by Crippen LogP contribution is 2.56. The summed E-state index contributed by atoms with van der Waals surface area (Å²) in [5.41, 5.74) is 2.21. The molecule has 3 saturated heterocycles. The zero-order chi connectivity index (χ0) is 18.1. The molecule has 5 aliphatic rings. The molecule has 0 radical (unpaired) electrons. The molecule has 1 spiro atoms. The minimum Gasteiger partial charge on any atom is -0.508 e. The van der Waals surface area contributed by atoms with E-state index in [1.807, 2.05) is 6.07 Å². The van der Waals surface area contributed by atoms with Gasteiger partial charge in [0.15, 0.2) is 0 Å². The highest BCUT2D eigenvalue weighted by atomic mass is 16.7. The Bertz CT molecular complexity index is 807. The van der Waals surface area contributed by atoms with Crippen molar-refractivity contribution in [3.05, 3.63) is 35.4 Å². The number of anilines is 1. The van der Waals surface area contributed by atoms with Crippen molar-refractivity contribution >= 4 is 11.6 Å². The van der Waals surface area contributed by atoms with Gasteiger partial charge in [-0.3, -0.25) is 9.63 Å². The Kier molecular flexibility index (Phi) is 3.48. The van der Waals surface area contributed by atoms with Gasteiger partial charge < -0.3 is 15.2 Å². The van der Waals surface area contributed by atoms with Crippen LogP contribution in [0.2, 0.25) is 0 Å². The molecule has 0 aromatic heterocycles. The number of nitrogens with one attached hydrogen (secondary N) is 1. The summed E-state index contributed by atoms with van der Waals surface area (Å²) in [5, 5.41) is 14.9. The predicted octanol–water partition coefficient (Wildman–Crippen LogP) is 1.88. The summed E-state index contributed by atoms with van der Waals surface area (Å²) in [4.78, 5) is 19.0. The third-order valence-electron chi connectivity index (χ3n) is 6.93. The fourth-order valence-corrected chi connectivity index (χ4v) is 5.69. The Hall–Kier alpha value is -1.89. The zero-order valence-electron chi connectivity index (χ0n) is 15.1. The van der Waals surface area contributed by atoms with E-state index in [1.54, 1.807) is 12.1 Å². The van der Waals surface area contributed by atoms with Gasteiger partial charge in [-0.1, -0.05) is 17.7 Å². The molecule has 6 heteroatoms. The molecule has 1 aliphatic carbocycles. The summed E-state index contributed by atoms with van der Waals surface area (Å²) in [5.74, 6) is 0.912. The van der Waals surface area contributed by atoms with Gasteiger partial charge in [0.1, 0.15) is 11.2 Å². The molecule has 4 heterocycles. The van der Waals surface area contributed by atoms with Gasteiger partial charge in [0.05, 0.1) is 25.5 Å². The van der Waals surface area contributed by atoms with E-state index in [2.05, 4.69) is 18.3 Å². The molecule has 1 saturated carbocycles. The van der Waals surface area contributed by atoms with E-state index in [9.17, 15) is 9.90 Å². The van der Waals surface area contributed by atoms with Crippen molar-refractivity contribution in [2.24, 2.45) is 11.8 Å². The number of phenolic OH excluding ortho intramolecular Hbond substituents is 1. The Balaban J connectivity index is 1.69. The fraction of sp³-hybridized carbons (Fsp3) is 0.550. The normalized spacial score (nSPS) is 39.5. The van der Waals surface area contributed by atoms with Crippen molar-refractivity contribution in [3.63, 3.8) is 0 Å². The highest BCUT2D eigenvalue weighted by Gasteiger charge is 2.63. The first-order valence-corrected chi connectivity index (χ1v) is 9.32. The lowest BCUT2D eigenvalue weighted by atomic mass is 9.72. The number of piperidine rings is 1. The van der Waals surface area contributed by atoms with Crippen molar-refractivity contribution in [1.29, 1.82) is 0 Å². The predicted molar refractivity (Wildman–Crippen MR) is 95.8 cm³/mol. The van der Waals surface area contributed by atoms with Crippen molar-refractivity contribution in [1.82, 2.24) is 5.32 Å². The molecule has 4 aliphatic heterocycles. The monoisotopic (exact) mass is 356 g/mol. The average Bonchev–Trinajstić information content (AvgIpc) is 2.74. The Morgan fingerprint density at radius 1 is 1.46 bits per heavy atom. The Labute approximate surface area is 152 Å². The molecule has 6 rings (SSSR count). The molecular weight excluding hydrogens is 332 g/mol. The second-order valence-electron chi connectivity index (χ2n) is 7.84. The molecule has 6 nitrogen and oxygen atoms in total. The smallest absolute Gasteiger partial charge is 0.264 e. The second-order valence-corrected chi connectivity index (χ2v) is 7.84. The molecular formula is C20H24N2O4. The third-order valence-corrected chi connectivity index (χ3v) is 6.93. The van der Waals surface area contributed by atoms with Crippen LogP contribution in [0, 0.1) is 11.8 Å². The van der Waals surface area contributed by atoms with Gasteiger partial charge in [-0.2, -0.15) is 5.06 Å². The van der Waals surface area contributed by atoms with Crippen molar-refractivity contribution < 1.29 is 19.5 Å². The molecule has 4 bridgehead atoms. The zero-order valence-corrected chi connectivity index (χ0v) is 15.1. The summed E-state index contributed by atoms with van der Waals surface area (Å²) < 4.78 is 6.29. The van der Waals surface area contributed by atoms with Crippen molar-refractivity contribution in [2.45, 2.75) is 37.3 Å². The van der Waals surface area contributed by atoms with Crippen LogP contribution in [0.1, 0.15) is 25.3 Å². The largest absolute Gasteiger partial charge is 0.508 e. The van der Waals surface area contributed by atoms with E-state index in [0.29, 0.717) is 30.6 Å². The maximum absolute atomic E-state index is 13.6. The topological polar surface area (TPSA) is 71.0 Å². The van der Waals surface area contributed by atoms with Gasteiger partial charge in [-0.25, -0.2) is 0 Å². The van der Waals surface area contributed by atoms with Gasteiger partial charge in [-0.05, 0) is 37.3 Å². The lowest BCUT2D eigenvalue weighted by molar-refractivity contribution is -0.137. The number of ether oxygens (including phenoxy) is 1. The molecule has 4 fully saturated rings. The highest BCUT2D eigenvalue weighted by molar-refractivity contribution is 6.07. The number of hydroxylamine groups is 1. The van der Waals surface area contributed by atoms with Crippen LogP contribution in [-0.4, -0.2) is 43.4 Å². The van der Waals surface area contributed by atoms with Gasteiger partial charge in [0.2, 0.25) is 0 Å². The number of allylic oxidation sites excluding steroid dienone is 1. The number of amides is 1. The summed E-state index contributed by atoms with van der Waals surface area (Å²) in [6, 6.07) is 5.36. The first-order chi connectivity index (χ1) is 12.6. The van der Waals surface area contributed by atoms with E-state index >= 15 is 0 Å². The summed E-state index contributed by atoms with van der Waals surface area (Å²) >= 11 is 0. The molecule has 138 valence electrons. The number of hydrogen-bond acceptors (Lipinski definition) is 5. The second kappa shape index (κ2) is 5.55. The van der Waals surface area contributed by atoms with E-state index in [4.69, 9.17) is 9.57 Å². The average molecular weight is 356 g/mol. The Morgan fingerprint density at radius 3 is 3.08 bits per heavy atom. The molecule has 1 aromatic rings. The molecule has 5 atom stereocenters. The number of carbonyl (C=O) groups excluding carboxylic acids is 1. The first kappa shape index (κ1) is 16.3. The SMILES string of the molecule is C/C=C1\CN[C@H]2C[C@@]3(C(=O)N(OC)c4cc(O)ccc43)[C@H]3C[C@H]1[C@H]2CO3. The minimum atomic E-state index is -0.761. The number of rotatable bonds is 1. The maximum atomic E-state index is 13.6. The minimum absolute atomic E-state index is 0.0809. The summed E-state index contributed by atoms with van der Waals surface area (Å²) in [7, 11) is 1.49. The summed E-state index contributed by atoms with van der Waals surface area (Å²) in [6.07, 6.45) is 3.59. The number of benzene rings is 1. The van der Waals surface area contributed by atoms with E-state index in [-0.39, 0.29) is 23.8 Å². The van der Waals surface area contributed by atoms with Crippen LogP contribution in [-0.2, 0) is 19.8 Å². The molecule has 26 heavy (non-hydrogen) atoms. The summed E-state index contributed by atoms with van der Waals surface area (Å²) in [6.45, 7) is 3.66. The lowest BCUT2D eigenvalue weighted by Crippen LogP contribution is -2.50. The number of fused-ring (bicyclic) bond motifs is 2. The van der Waals surface area contributed by atoms with E-state index < -0.39 is 5.41 Å². The number of carbonyl (C=O) groups is 1. The van der Waals surface area contributed by atoms with Gasteiger partial charge in [0, 0.05) is 24.6 Å². The van der Waals surface area contributed by atoms with Crippen LogP contribution in [0.25, 0.3) is 0 Å². The number of nitrogens with zero attached hydrogens (tertiary/aromatic N) is 1. The molecule has 1 aromatic carbocycles. The van der Waals surface area contributed by atoms with Crippen LogP contribution in [0.4, 0.5) is 5.69 Å². The number of phenols is 1. The van der Waals surface area contributed by atoms with Crippen LogP contribution in [0.15, 0.2) is 29.8 Å². The molecule has 0 unspecified atom stereocenters. The third kappa shape index (κ3) is 1.89. The van der Waals surface area contributed by atoms with Crippen LogP contribution < -0.4 is 10.4 Å². The first-order valence-electron chi connectivity index (χ1n) is 9.32. The molecule has 2 N–H and O–H groups in total. The van der Waals surface area contributed by atoms with Gasteiger partial charge >= 0.3 is 0 Å². The van der Waals surface area contributed by atoms with Gasteiger partial charge in [-0.15, -0.1) is 0 Å². The standard InChI is InChI=1S/C20H24N2O4/c1-3-11-9-21-16-8-20(18-7-13(11)14(16)10-26-18)15-5-4-12(23)6-17(15)22(25-2)19(20)24/h3-6,13-14,16,18,21,23H,7-10H2,1-2H3/b11-3+/t13-,14-,16+,18-,20+/m1/s1. The number of aromatic hydroxyl groups is 1. The lowest BCUT2D eigenvalue weighted by Gasteiger charge is -2.42. The quantitative estimate of drug-likeness (QED) is 0.752. The maximum Gasteiger partial charge on any atom is 0.264 e.